The maximum atomic E-state index is 12.3. The molecular weight excluding hydrogens is 344 g/mol. The number of hydrazine groups is 1. The molecule has 4 unspecified atom stereocenters. The smallest absolute Gasteiger partial charge is 0.239 e. The van der Waals surface area contributed by atoms with Gasteiger partial charge in [0, 0.05) is 6.54 Å². The monoisotopic (exact) mass is 366 g/mol. The highest BCUT2D eigenvalue weighted by Crippen LogP contribution is 2.28. The van der Waals surface area contributed by atoms with Crippen LogP contribution in [0.2, 0.25) is 0 Å². The predicted molar refractivity (Wildman–Crippen MR) is 90.6 cm³/mol. The molecule has 0 saturated carbocycles. The average Bonchev–Trinajstić information content (AvgIpc) is 3.18. The summed E-state index contributed by atoms with van der Waals surface area (Å²) < 4.78 is 0. The second kappa shape index (κ2) is 7.55. The van der Waals surface area contributed by atoms with Gasteiger partial charge in [-0.15, -0.1) is 0 Å². The number of amides is 1. The van der Waals surface area contributed by atoms with E-state index >= 15 is 0 Å². The maximum absolute atomic E-state index is 12.3. The number of rotatable bonds is 5. The molecule has 0 aliphatic carbocycles. The Labute approximate surface area is 139 Å². The molecule has 2 aliphatic rings. The molecule has 120 valence electrons. The van der Waals surface area contributed by atoms with E-state index in [1.54, 1.807) is 0 Å². The highest BCUT2D eigenvalue weighted by Gasteiger charge is 2.38. The van der Waals surface area contributed by atoms with Gasteiger partial charge >= 0.3 is 0 Å². The number of carbonyl (C=O) groups excluding carboxylic acids is 1. The second-order valence-electron chi connectivity index (χ2n) is 6.04. The standard InChI is InChI=1S/C16H23BrN4O/c17-13-14(12-4-2-1-3-5-12)20-21-15(13)16(22)19-9-7-11-6-8-18-10-11/h1-5,11,13-15,18,20-21H,6-10H2,(H,19,22). The molecule has 2 fully saturated rings. The van der Waals surface area contributed by atoms with Gasteiger partial charge in [-0.1, -0.05) is 46.3 Å². The first-order chi connectivity index (χ1) is 10.8. The molecule has 5 nitrogen and oxygen atoms in total. The molecule has 0 spiro atoms. The predicted octanol–water partition coefficient (Wildman–Crippen LogP) is 1.08. The molecule has 0 aromatic heterocycles. The molecule has 2 aliphatic heterocycles. The third-order valence-electron chi connectivity index (χ3n) is 4.49. The van der Waals surface area contributed by atoms with Crippen molar-refractivity contribution < 1.29 is 4.79 Å². The number of nitrogens with one attached hydrogen (secondary N) is 4. The first kappa shape index (κ1) is 15.9. The number of alkyl halides is 1. The summed E-state index contributed by atoms with van der Waals surface area (Å²) >= 11 is 3.67. The van der Waals surface area contributed by atoms with E-state index in [2.05, 4.69) is 49.5 Å². The molecule has 6 heteroatoms. The van der Waals surface area contributed by atoms with E-state index < -0.39 is 0 Å². The van der Waals surface area contributed by atoms with Gasteiger partial charge in [0.15, 0.2) is 0 Å². The van der Waals surface area contributed by atoms with Crippen LogP contribution in [0.15, 0.2) is 30.3 Å². The Hall–Kier alpha value is -0.950. The molecule has 4 atom stereocenters. The van der Waals surface area contributed by atoms with Crippen molar-refractivity contribution >= 4 is 21.8 Å². The Balaban J connectivity index is 1.48. The summed E-state index contributed by atoms with van der Waals surface area (Å²) in [6.07, 6.45) is 2.27. The van der Waals surface area contributed by atoms with Crippen molar-refractivity contribution in [2.24, 2.45) is 5.92 Å². The summed E-state index contributed by atoms with van der Waals surface area (Å²) in [5.41, 5.74) is 7.50. The molecule has 1 aromatic carbocycles. The van der Waals surface area contributed by atoms with Crippen LogP contribution in [0.1, 0.15) is 24.4 Å². The van der Waals surface area contributed by atoms with E-state index in [1.165, 1.54) is 12.0 Å². The lowest BCUT2D eigenvalue weighted by Crippen LogP contribution is -2.46. The van der Waals surface area contributed by atoms with Gasteiger partial charge in [-0.3, -0.25) is 4.79 Å². The minimum absolute atomic E-state index is 0.0306. The molecule has 1 amide bonds. The van der Waals surface area contributed by atoms with Crippen molar-refractivity contribution in [2.75, 3.05) is 19.6 Å². The Morgan fingerprint density at radius 2 is 2.09 bits per heavy atom. The minimum Gasteiger partial charge on any atom is -0.355 e. The topological polar surface area (TPSA) is 65.2 Å². The van der Waals surface area contributed by atoms with E-state index in [-0.39, 0.29) is 22.8 Å². The fourth-order valence-corrected chi connectivity index (χ4v) is 3.95. The van der Waals surface area contributed by atoms with Gasteiger partial charge in [0.2, 0.25) is 5.91 Å². The number of carbonyl (C=O) groups is 1. The average molecular weight is 367 g/mol. The zero-order valence-corrected chi connectivity index (χ0v) is 14.1. The van der Waals surface area contributed by atoms with Crippen LogP contribution >= 0.6 is 15.9 Å². The van der Waals surface area contributed by atoms with Crippen LogP contribution in [0.5, 0.6) is 0 Å². The minimum atomic E-state index is -0.257. The SMILES string of the molecule is O=C(NCCC1CCNC1)C1NNC(c2ccccc2)C1Br. The van der Waals surface area contributed by atoms with Crippen LogP contribution in [-0.4, -0.2) is 36.4 Å². The van der Waals surface area contributed by atoms with Crippen LogP contribution in [0, 0.1) is 5.92 Å². The quantitative estimate of drug-likeness (QED) is 0.589. The van der Waals surface area contributed by atoms with Crippen LogP contribution in [-0.2, 0) is 4.79 Å². The molecule has 2 heterocycles. The fourth-order valence-electron chi connectivity index (χ4n) is 3.14. The van der Waals surface area contributed by atoms with Gasteiger partial charge in [0.1, 0.15) is 6.04 Å². The van der Waals surface area contributed by atoms with Gasteiger partial charge in [-0.2, -0.15) is 0 Å². The molecule has 1 aromatic rings. The van der Waals surface area contributed by atoms with Gasteiger partial charge in [0.05, 0.1) is 10.9 Å². The lowest BCUT2D eigenvalue weighted by atomic mass is 10.0. The summed E-state index contributed by atoms with van der Waals surface area (Å²) in [7, 11) is 0. The van der Waals surface area contributed by atoms with E-state index in [9.17, 15) is 4.79 Å². The number of benzene rings is 1. The van der Waals surface area contributed by atoms with Gasteiger partial charge in [0.25, 0.3) is 0 Å². The Bertz CT molecular complexity index is 492. The van der Waals surface area contributed by atoms with Crippen molar-refractivity contribution in [3.05, 3.63) is 35.9 Å². The zero-order chi connectivity index (χ0) is 15.4. The lowest BCUT2D eigenvalue weighted by Gasteiger charge is -2.17. The number of hydrogen-bond donors (Lipinski definition) is 4. The third kappa shape index (κ3) is 3.68. The first-order valence-electron chi connectivity index (χ1n) is 7.94. The highest BCUT2D eigenvalue weighted by molar-refractivity contribution is 9.09. The van der Waals surface area contributed by atoms with Crippen molar-refractivity contribution in [1.82, 2.24) is 21.5 Å². The second-order valence-corrected chi connectivity index (χ2v) is 7.09. The lowest BCUT2D eigenvalue weighted by molar-refractivity contribution is -0.122. The number of halogens is 1. The largest absolute Gasteiger partial charge is 0.355 e. The Morgan fingerprint density at radius 1 is 1.27 bits per heavy atom. The molecule has 4 N–H and O–H groups in total. The summed E-state index contributed by atoms with van der Waals surface area (Å²) in [6.45, 7) is 2.93. The molecule has 3 rings (SSSR count). The third-order valence-corrected chi connectivity index (χ3v) is 5.54. The molecule has 22 heavy (non-hydrogen) atoms. The Kier molecular flexibility index (Phi) is 5.46. The van der Waals surface area contributed by atoms with E-state index in [1.807, 2.05) is 18.2 Å². The fraction of sp³-hybridized carbons (Fsp3) is 0.562. The summed E-state index contributed by atoms with van der Waals surface area (Å²) in [5, 5.41) is 6.41. The highest BCUT2D eigenvalue weighted by atomic mass is 79.9. The van der Waals surface area contributed by atoms with Crippen LogP contribution < -0.4 is 21.5 Å². The van der Waals surface area contributed by atoms with Crippen molar-refractivity contribution in [2.45, 2.75) is 29.8 Å². The number of hydrogen-bond acceptors (Lipinski definition) is 4. The van der Waals surface area contributed by atoms with Crippen molar-refractivity contribution in [3.8, 4) is 0 Å². The molecule has 0 bridgehead atoms. The maximum Gasteiger partial charge on any atom is 0.239 e. The normalized spacial score (nSPS) is 31.3. The van der Waals surface area contributed by atoms with Crippen molar-refractivity contribution in [1.29, 1.82) is 0 Å². The van der Waals surface area contributed by atoms with Gasteiger partial charge in [-0.05, 0) is 37.4 Å². The van der Waals surface area contributed by atoms with Crippen molar-refractivity contribution in [3.63, 3.8) is 0 Å². The van der Waals surface area contributed by atoms with Crippen LogP contribution in [0.25, 0.3) is 0 Å². The van der Waals surface area contributed by atoms with E-state index in [0.717, 1.165) is 26.1 Å². The molecule has 0 radical (unpaired) electrons. The van der Waals surface area contributed by atoms with E-state index in [4.69, 9.17) is 0 Å². The zero-order valence-electron chi connectivity index (χ0n) is 12.5. The Morgan fingerprint density at radius 3 is 2.82 bits per heavy atom. The summed E-state index contributed by atoms with van der Waals surface area (Å²) in [4.78, 5) is 12.4. The molecular formula is C16H23BrN4O. The van der Waals surface area contributed by atoms with E-state index in [0.29, 0.717) is 5.92 Å². The summed E-state index contributed by atoms with van der Waals surface area (Å²) in [5.74, 6) is 0.755. The first-order valence-corrected chi connectivity index (χ1v) is 8.86. The van der Waals surface area contributed by atoms with Gasteiger partial charge in [-0.25, -0.2) is 10.9 Å². The summed E-state index contributed by atoms with van der Waals surface area (Å²) in [6, 6.07) is 10.0. The van der Waals surface area contributed by atoms with Gasteiger partial charge < -0.3 is 10.6 Å². The van der Waals surface area contributed by atoms with Crippen LogP contribution in [0.4, 0.5) is 0 Å². The molecule has 2 saturated heterocycles. The van der Waals surface area contributed by atoms with Crippen LogP contribution in [0.3, 0.4) is 0 Å².